The van der Waals surface area contributed by atoms with E-state index in [2.05, 4.69) is 32.9 Å². The molecule has 1 atom stereocenters. The molecule has 2 nitrogen and oxygen atoms in total. The summed E-state index contributed by atoms with van der Waals surface area (Å²) in [5.41, 5.74) is 9.87. The molecular formula is C14H21NO. The minimum Gasteiger partial charge on any atom is -0.493 e. The Morgan fingerprint density at radius 2 is 2.12 bits per heavy atom. The van der Waals surface area contributed by atoms with Gasteiger partial charge in [-0.2, -0.15) is 0 Å². The van der Waals surface area contributed by atoms with Crippen LogP contribution in [0.15, 0.2) is 12.1 Å². The molecule has 0 fully saturated rings. The lowest BCUT2D eigenvalue weighted by Crippen LogP contribution is -2.31. The first-order chi connectivity index (χ1) is 7.58. The smallest absolute Gasteiger partial charge is 0.126 e. The Morgan fingerprint density at radius 3 is 2.81 bits per heavy atom. The van der Waals surface area contributed by atoms with Crippen LogP contribution in [0.3, 0.4) is 0 Å². The van der Waals surface area contributed by atoms with Crippen molar-refractivity contribution in [1.82, 2.24) is 0 Å². The van der Waals surface area contributed by atoms with Crippen LogP contribution in [0, 0.1) is 13.8 Å². The quantitative estimate of drug-likeness (QED) is 0.788. The Hall–Kier alpha value is -1.02. The number of ether oxygens (including phenoxy) is 1. The van der Waals surface area contributed by atoms with Crippen molar-refractivity contribution in [3.63, 3.8) is 0 Å². The van der Waals surface area contributed by atoms with Gasteiger partial charge in [-0.3, -0.25) is 0 Å². The minimum atomic E-state index is 0.0737. The predicted molar refractivity (Wildman–Crippen MR) is 67.1 cm³/mol. The first-order valence-corrected chi connectivity index (χ1v) is 6.02. The highest BCUT2D eigenvalue weighted by molar-refractivity contribution is 5.49. The number of fused-ring (bicyclic) bond motifs is 1. The third-order valence-corrected chi connectivity index (χ3v) is 3.90. The van der Waals surface area contributed by atoms with E-state index in [0.29, 0.717) is 6.54 Å². The van der Waals surface area contributed by atoms with Crippen LogP contribution in [0.5, 0.6) is 5.75 Å². The molecule has 0 aliphatic carbocycles. The Bertz CT molecular complexity index is 400. The Kier molecular flexibility index (Phi) is 2.94. The fourth-order valence-corrected chi connectivity index (χ4v) is 2.43. The number of rotatable bonds is 1. The van der Waals surface area contributed by atoms with Crippen molar-refractivity contribution in [3.05, 3.63) is 28.8 Å². The van der Waals surface area contributed by atoms with Gasteiger partial charge < -0.3 is 10.5 Å². The molecule has 0 radical (unpaired) electrons. The summed E-state index contributed by atoms with van der Waals surface area (Å²) in [5.74, 6) is 1.07. The predicted octanol–water partition coefficient (Wildman–Crippen LogP) is 2.69. The number of hydrogen-bond acceptors (Lipinski definition) is 2. The van der Waals surface area contributed by atoms with E-state index < -0.39 is 0 Å². The van der Waals surface area contributed by atoms with Gasteiger partial charge in [0.05, 0.1) is 6.61 Å². The summed E-state index contributed by atoms with van der Waals surface area (Å²) in [7, 11) is 0. The lowest BCUT2D eigenvalue weighted by molar-refractivity contribution is 0.311. The molecular weight excluding hydrogens is 198 g/mol. The zero-order chi connectivity index (χ0) is 11.8. The van der Waals surface area contributed by atoms with E-state index in [4.69, 9.17) is 10.5 Å². The number of benzene rings is 1. The fourth-order valence-electron chi connectivity index (χ4n) is 2.43. The molecule has 0 aromatic heterocycles. The minimum absolute atomic E-state index is 0.0737. The normalized spacial score (nSPS) is 24.5. The zero-order valence-corrected chi connectivity index (χ0v) is 10.5. The molecule has 0 amide bonds. The largest absolute Gasteiger partial charge is 0.493 e. The van der Waals surface area contributed by atoms with Crippen LogP contribution < -0.4 is 10.5 Å². The third kappa shape index (κ3) is 1.71. The van der Waals surface area contributed by atoms with Crippen molar-refractivity contribution in [2.75, 3.05) is 13.2 Å². The highest BCUT2D eigenvalue weighted by Gasteiger charge is 2.31. The van der Waals surface area contributed by atoms with Gasteiger partial charge in [-0.05, 0) is 37.8 Å². The van der Waals surface area contributed by atoms with Gasteiger partial charge in [0.25, 0.3) is 0 Å². The number of hydrogen-bond donors (Lipinski definition) is 1. The van der Waals surface area contributed by atoms with Crippen molar-refractivity contribution >= 4 is 0 Å². The molecule has 1 aliphatic heterocycles. The topological polar surface area (TPSA) is 35.2 Å². The summed E-state index contributed by atoms with van der Waals surface area (Å²) in [6.07, 6.45) is 2.19. The highest BCUT2D eigenvalue weighted by Crippen LogP contribution is 2.40. The molecule has 16 heavy (non-hydrogen) atoms. The SMILES string of the molecule is Cc1ccc2c(c1C)OCCCC2(C)CN. The van der Waals surface area contributed by atoms with Gasteiger partial charge in [-0.15, -0.1) is 0 Å². The fraction of sp³-hybridized carbons (Fsp3) is 0.571. The Morgan fingerprint density at radius 1 is 1.38 bits per heavy atom. The van der Waals surface area contributed by atoms with Gasteiger partial charge in [0.15, 0.2) is 0 Å². The Labute approximate surface area is 97.8 Å². The van der Waals surface area contributed by atoms with Crippen LogP contribution >= 0.6 is 0 Å². The molecule has 0 saturated carbocycles. The molecule has 0 spiro atoms. The summed E-state index contributed by atoms with van der Waals surface area (Å²) in [5, 5.41) is 0. The van der Waals surface area contributed by atoms with Crippen molar-refractivity contribution < 1.29 is 4.74 Å². The van der Waals surface area contributed by atoms with Crippen LogP contribution in [0.2, 0.25) is 0 Å². The van der Waals surface area contributed by atoms with Crippen LogP contribution in [0.4, 0.5) is 0 Å². The maximum Gasteiger partial charge on any atom is 0.126 e. The lowest BCUT2D eigenvalue weighted by atomic mass is 9.77. The van der Waals surface area contributed by atoms with E-state index in [1.54, 1.807) is 0 Å². The molecule has 1 heterocycles. The summed E-state index contributed by atoms with van der Waals surface area (Å²) >= 11 is 0. The molecule has 1 aromatic carbocycles. The average molecular weight is 219 g/mol. The summed E-state index contributed by atoms with van der Waals surface area (Å²) < 4.78 is 5.90. The monoisotopic (exact) mass is 219 g/mol. The summed E-state index contributed by atoms with van der Waals surface area (Å²) in [6.45, 7) is 8.01. The molecule has 88 valence electrons. The zero-order valence-electron chi connectivity index (χ0n) is 10.5. The van der Waals surface area contributed by atoms with Gasteiger partial charge in [-0.25, -0.2) is 0 Å². The van der Waals surface area contributed by atoms with Gasteiger partial charge in [0.2, 0.25) is 0 Å². The van der Waals surface area contributed by atoms with Gasteiger partial charge in [0.1, 0.15) is 5.75 Å². The van der Waals surface area contributed by atoms with Crippen molar-refractivity contribution in [2.45, 2.75) is 39.0 Å². The molecule has 0 bridgehead atoms. The number of nitrogens with two attached hydrogens (primary N) is 1. The van der Waals surface area contributed by atoms with E-state index in [1.165, 1.54) is 16.7 Å². The van der Waals surface area contributed by atoms with Crippen LogP contribution in [0.25, 0.3) is 0 Å². The molecule has 2 rings (SSSR count). The second-order valence-corrected chi connectivity index (χ2v) is 5.10. The number of aryl methyl sites for hydroxylation is 1. The lowest BCUT2D eigenvalue weighted by Gasteiger charge is -2.28. The van der Waals surface area contributed by atoms with Crippen molar-refractivity contribution in [3.8, 4) is 5.75 Å². The molecule has 2 N–H and O–H groups in total. The van der Waals surface area contributed by atoms with E-state index in [-0.39, 0.29) is 5.41 Å². The van der Waals surface area contributed by atoms with E-state index in [0.717, 1.165) is 25.2 Å². The van der Waals surface area contributed by atoms with E-state index in [1.807, 2.05) is 0 Å². The maximum atomic E-state index is 5.95. The maximum absolute atomic E-state index is 5.95. The molecule has 1 unspecified atom stereocenters. The second-order valence-electron chi connectivity index (χ2n) is 5.10. The van der Waals surface area contributed by atoms with Gasteiger partial charge in [0, 0.05) is 17.5 Å². The standard InChI is InChI=1S/C14H21NO/c1-10-5-6-12-13(11(10)2)16-8-4-7-14(12,3)9-15/h5-6H,4,7-9,15H2,1-3H3. The first-order valence-electron chi connectivity index (χ1n) is 6.02. The summed E-state index contributed by atoms with van der Waals surface area (Å²) in [6, 6.07) is 4.37. The van der Waals surface area contributed by atoms with Crippen molar-refractivity contribution in [1.29, 1.82) is 0 Å². The molecule has 1 aliphatic rings. The van der Waals surface area contributed by atoms with E-state index in [9.17, 15) is 0 Å². The second kappa shape index (κ2) is 4.10. The Balaban J connectivity index is 2.59. The summed E-state index contributed by atoms with van der Waals surface area (Å²) in [4.78, 5) is 0. The van der Waals surface area contributed by atoms with Gasteiger partial charge >= 0.3 is 0 Å². The van der Waals surface area contributed by atoms with Crippen molar-refractivity contribution in [2.24, 2.45) is 5.73 Å². The van der Waals surface area contributed by atoms with E-state index >= 15 is 0 Å². The molecule has 2 heteroatoms. The molecule has 1 aromatic rings. The average Bonchev–Trinajstić information content (AvgIpc) is 2.45. The van der Waals surface area contributed by atoms with Crippen LogP contribution in [-0.4, -0.2) is 13.2 Å². The van der Waals surface area contributed by atoms with Crippen LogP contribution in [-0.2, 0) is 5.41 Å². The molecule has 0 saturated heterocycles. The van der Waals surface area contributed by atoms with Gasteiger partial charge in [-0.1, -0.05) is 19.1 Å². The highest BCUT2D eigenvalue weighted by atomic mass is 16.5. The van der Waals surface area contributed by atoms with Crippen LogP contribution in [0.1, 0.15) is 36.5 Å². The first kappa shape index (κ1) is 11.5. The third-order valence-electron chi connectivity index (χ3n) is 3.90.